The molecule has 0 aromatic heterocycles. The molecular weight excluding hydrogens is 96.1 g/mol. The van der Waals surface area contributed by atoms with E-state index in [1.54, 1.807) is 0 Å². The highest BCUT2D eigenvalue weighted by Crippen LogP contribution is 1.68. The fraction of sp³-hybridized carbons (Fsp3) is 1.00. The summed E-state index contributed by atoms with van der Waals surface area (Å²) in [6.07, 6.45) is 0. The molecule has 1 aliphatic heterocycles. The number of hydrazine groups is 1. The number of nitrogens with one attached hydrogen (secondary N) is 2. The molecule has 1 fully saturated rings. The largest absolute Gasteiger partial charge is 0.406 e. The Morgan fingerprint density at radius 1 is 1.67 bits per heavy atom. The van der Waals surface area contributed by atoms with Crippen LogP contribution in [0.3, 0.4) is 0 Å². The lowest BCUT2D eigenvalue weighted by atomic mass is 10.7. The lowest BCUT2D eigenvalue weighted by molar-refractivity contribution is 0.286. The summed E-state index contributed by atoms with van der Waals surface area (Å²) in [5, 5.41) is 2.95. The first kappa shape index (κ1) is 4.26. The van der Waals surface area contributed by atoms with Crippen molar-refractivity contribution in [1.29, 1.82) is 0 Å². The molecule has 36 valence electrons. The molecule has 6 heavy (non-hydrogen) atoms. The van der Waals surface area contributed by atoms with Gasteiger partial charge in [0.05, 0.1) is 0 Å². The van der Waals surface area contributed by atoms with Crippen molar-refractivity contribution < 1.29 is 4.43 Å². The topological polar surface area (TPSA) is 33.3 Å². The molecule has 1 saturated heterocycles. The second-order valence-electron chi connectivity index (χ2n) is 1.16. The zero-order valence-electron chi connectivity index (χ0n) is 3.53. The van der Waals surface area contributed by atoms with Crippen molar-refractivity contribution in [3.05, 3.63) is 0 Å². The standard InChI is InChI=1S/C2H8N2OSi/c1-2-5-6-4-3-1/h3-4H,1-2,6H2. The third kappa shape index (κ3) is 1.06. The van der Waals surface area contributed by atoms with Crippen molar-refractivity contribution in [2.24, 2.45) is 0 Å². The Labute approximate surface area is 39.1 Å². The van der Waals surface area contributed by atoms with Crippen LogP contribution in [-0.2, 0) is 4.43 Å². The van der Waals surface area contributed by atoms with Gasteiger partial charge in [-0.25, -0.2) is 0 Å². The van der Waals surface area contributed by atoms with Crippen molar-refractivity contribution in [2.45, 2.75) is 0 Å². The first-order valence-corrected chi connectivity index (χ1v) is 3.32. The van der Waals surface area contributed by atoms with Crippen molar-refractivity contribution >= 4 is 9.92 Å². The zero-order valence-corrected chi connectivity index (χ0v) is 4.94. The normalized spacial score (nSPS) is 28.0. The molecule has 0 aliphatic carbocycles. The molecule has 0 aromatic carbocycles. The maximum atomic E-state index is 5.03. The van der Waals surface area contributed by atoms with Crippen LogP contribution in [0.4, 0.5) is 0 Å². The average molecular weight is 104 g/mol. The summed E-state index contributed by atoms with van der Waals surface area (Å²) in [7, 11) is -0.353. The summed E-state index contributed by atoms with van der Waals surface area (Å²) in [5.74, 6) is 0. The molecule has 0 amide bonds. The minimum atomic E-state index is -0.353. The van der Waals surface area contributed by atoms with Crippen LogP contribution in [-0.4, -0.2) is 23.1 Å². The minimum absolute atomic E-state index is 0.353. The second-order valence-corrected chi connectivity index (χ2v) is 2.21. The van der Waals surface area contributed by atoms with Gasteiger partial charge in [0.1, 0.15) is 0 Å². The van der Waals surface area contributed by atoms with Gasteiger partial charge in [0, 0.05) is 13.2 Å². The SMILES string of the molecule is C1CO[SiH2]NN1. The van der Waals surface area contributed by atoms with E-state index >= 15 is 0 Å². The maximum absolute atomic E-state index is 5.03. The van der Waals surface area contributed by atoms with E-state index in [1.807, 2.05) is 0 Å². The minimum Gasteiger partial charge on any atom is -0.406 e. The van der Waals surface area contributed by atoms with Gasteiger partial charge in [0.2, 0.25) is 9.92 Å². The van der Waals surface area contributed by atoms with Gasteiger partial charge >= 0.3 is 0 Å². The quantitative estimate of drug-likeness (QED) is 0.353. The first-order chi connectivity index (χ1) is 3.00. The second kappa shape index (κ2) is 2.30. The first-order valence-electron chi connectivity index (χ1n) is 2.03. The Morgan fingerprint density at radius 3 is 2.83 bits per heavy atom. The molecule has 0 atom stereocenters. The Bertz CT molecular complexity index is 27.0. The monoisotopic (exact) mass is 104 g/mol. The van der Waals surface area contributed by atoms with E-state index in [-0.39, 0.29) is 9.92 Å². The van der Waals surface area contributed by atoms with Gasteiger partial charge in [-0.05, 0) is 0 Å². The van der Waals surface area contributed by atoms with Crippen molar-refractivity contribution in [1.82, 2.24) is 10.5 Å². The fourth-order valence-corrected chi connectivity index (χ4v) is 1.06. The predicted molar refractivity (Wildman–Crippen MR) is 25.6 cm³/mol. The zero-order chi connectivity index (χ0) is 4.24. The van der Waals surface area contributed by atoms with E-state index in [0.717, 1.165) is 13.2 Å². The lowest BCUT2D eigenvalue weighted by Crippen LogP contribution is -2.44. The summed E-state index contributed by atoms with van der Waals surface area (Å²) < 4.78 is 5.03. The highest BCUT2D eigenvalue weighted by molar-refractivity contribution is 6.23. The summed E-state index contributed by atoms with van der Waals surface area (Å²) in [5.41, 5.74) is 2.97. The maximum Gasteiger partial charge on any atom is 0.249 e. The molecule has 4 heteroatoms. The van der Waals surface area contributed by atoms with Crippen molar-refractivity contribution in [2.75, 3.05) is 13.2 Å². The molecule has 0 bridgehead atoms. The van der Waals surface area contributed by atoms with Gasteiger partial charge in [-0.3, -0.25) is 10.5 Å². The Hall–Kier alpha value is 0.0969. The third-order valence-corrected chi connectivity index (χ3v) is 1.56. The van der Waals surface area contributed by atoms with E-state index < -0.39 is 0 Å². The molecule has 0 saturated carbocycles. The van der Waals surface area contributed by atoms with Crippen LogP contribution in [0.25, 0.3) is 0 Å². The number of rotatable bonds is 0. The van der Waals surface area contributed by atoms with Gasteiger partial charge in [0.15, 0.2) is 0 Å². The van der Waals surface area contributed by atoms with Crippen LogP contribution >= 0.6 is 0 Å². The van der Waals surface area contributed by atoms with E-state index in [4.69, 9.17) is 4.43 Å². The Balaban J connectivity index is 2.00. The average Bonchev–Trinajstić information content (AvgIpc) is 1.72. The highest BCUT2D eigenvalue weighted by atomic mass is 28.2. The molecule has 2 N–H and O–H groups in total. The highest BCUT2D eigenvalue weighted by Gasteiger charge is 1.92. The van der Waals surface area contributed by atoms with Gasteiger partial charge in [-0.1, -0.05) is 0 Å². The third-order valence-electron chi connectivity index (χ3n) is 0.671. The molecule has 1 rings (SSSR count). The molecule has 1 aliphatic rings. The number of hydrogen-bond donors (Lipinski definition) is 2. The van der Waals surface area contributed by atoms with Crippen LogP contribution in [0.15, 0.2) is 0 Å². The van der Waals surface area contributed by atoms with Gasteiger partial charge in [-0.15, -0.1) is 0 Å². The van der Waals surface area contributed by atoms with E-state index in [2.05, 4.69) is 10.5 Å². The van der Waals surface area contributed by atoms with Gasteiger partial charge < -0.3 is 4.43 Å². The van der Waals surface area contributed by atoms with Crippen LogP contribution in [0.1, 0.15) is 0 Å². The molecule has 0 unspecified atom stereocenters. The summed E-state index contributed by atoms with van der Waals surface area (Å²) in [4.78, 5) is 0. The van der Waals surface area contributed by atoms with E-state index in [0.29, 0.717) is 0 Å². The molecular formula is C2H8N2OSi. The summed E-state index contributed by atoms with van der Waals surface area (Å²) >= 11 is 0. The van der Waals surface area contributed by atoms with Crippen molar-refractivity contribution in [3.63, 3.8) is 0 Å². The smallest absolute Gasteiger partial charge is 0.249 e. The Morgan fingerprint density at radius 2 is 2.67 bits per heavy atom. The van der Waals surface area contributed by atoms with Crippen LogP contribution in [0.2, 0.25) is 0 Å². The van der Waals surface area contributed by atoms with E-state index in [9.17, 15) is 0 Å². The van der Waals surface area contributed by atoms with Gasteiger partial charge in [0.25, 0.3) is 0 Å². The van der Waals surface area contributed by atoms with Gasteiger partial charge in [-0.2, -0.15) is 0 Å². The van der Waals surface area contributed by atoms with Crippen LogP contribution in [0.5, 0.6) is 0 Å². The molecule has 0 aromatic rings. The molecule has 0 spiro atoms. The lowest BCUT2D eigenvalue weighted by Gasteiger charge is -2.11. The molecule has 3 nitrogen and oxygen atoms in total. The fourth-order valence-electron chi connectivity index (χ4n) is 0.386. The summed E-state index contributed by atoms with van der Waals surface area (Å²) in [6.45, 7) is 1.84. The number of hydrogen-bond acceptors (Lipinski definition) is 3. The van der Waals surface area contributed by atoms with E-state index in [1.165, 1.54) is 0 Å². The van der Waals surface area contributed by atoms with Crippen molar-refractivity contribution in [3.8, 4) is 0 Å². The summed E-state index contributed by atoms with van der Waals surface area (Å²) in [6, 6.07) is 0. The molecule has 1 heterocycles. The van der Waals surface area contributed by atoms with Crippen LogP contribution in [0, 0.1) is 0 Å². The van der Waals surface area contributed by atoms with Crippen LogP contribution < -0.4 is 10.5 Å². The molecule has 0 radical (unpaired) electrons. The Kier molecular flexibility index (Phi) is 1.63. The predicted octanol–water partition coefficient (Wildman–Crippen LogP) is -1.89.